The normalized spacial score (nSPS) is 40.1. The van der Waals surface area contributed by atoms with Gasteiger partial charge in [0.2, 0.25) is 0 Å². The van der Waals surface area contributed by atoms with Crippen molar-refractivity contribution in [1.82, 2.24) is 19.9 Å². The summed E-state index contributed by atoms with van der Waals surface area (Å²) in [4.78, 5) is 15.8. The second-order valence-electron chi connectivity index (χ2n) is 5.98. The fourth-order valence-electron chi connectivity index (χ4n) is 4.55. The van der Waals surface area contributed by atoms with E-state index in [1.54, 1.807) is 12.7 Å². The summed E-state index contributed by atoms with van der Waals surface area (Å²) in [6.07, 6.45) is 7.66. The number of hydrogen-bond acceptors (Lipinski definition) is 4. The number of aromatic amines is 1. The fourth-order valence-corrected chi connectivity index (χ4v) is 4.55. The van der Waals surface area contributed by atoms with Gasteiger partial charge in [-0.1, -0.05) is 0 Å². The van der Waals surface area contributed by atoms with E-state index in [1.807, 2.05) is 0 Å². The van der Waals surface area contributed by atoms with E-state index >= 15 is 0 Å². The predicted molar refractivity (Wildman–Crippen MR) is 66.9 cm³/mol. The molecule has 2 aromatic rings. The van der Waals surface area contributed by atoms with Gasteiger partial charge in [0.1, 0.15) is 11.8 Å². The molecule has 4 unspecified atom stereocenters. The van der Waals surface area contributed by atoms with E-state index in [2.05, 4.69) is 25.3 Å². The number of fused-ring (bicyclic) bond motifs is 6. The Labute approximate surface area is 104 Å². The van der Waals surface area contributed by atoms with E-state index in [0.717, 1.165) is 40.7 Å². The molecular formula is C13H15N5. The van der Waals surface area contributed by atoms with Gasteiger partial charge in [0.15, 0.2) is 11.5 Å². The van der Waals surface area contributed by atoms with E-state index in [4.69, 9.17) is 0 Å². The van der Waals surface area contributed by atoms with Gasteiger partial charge in [0.05, 0.1) is 6.33 Å². The maximum absolute atomic E-state index is 4.36. The van der Waals surface area contributed by atoms with Crippen LogP contribution in [0, 0.1) is 23.7 Å². The first kappa shape index (κ1) is 9.30. The Hall–Kier alpha value is -1.65. The third kappa shape index (κ3) is 1.05. The van der Waals surface area contributed by atoms with Gasteiger partial charge in [0, 0.05) is 6.04 Å². The Morgan fingerprint density at radius 1 is 1.11 bits per heavy atom. The highest BCUT2D eigenvalue weighted by molar-refractivity contribution is 5.82. The van der Waals surface area contributed by atoms with E-state index in [9.17, 15) is 0 Å². The topological polar surface area (TPSA) is 66.5 Å². The molecule has 0 spiro atoms. The van der Waals surface area contributed by atoms with Crippen LogP contribution in [0.3, 0.4) is 0 Å². The van der Waals surface area contributed by atoms with Crippen molar-refractivity contribution in [3.63, 3.8) is 0 Å². The molecule has 18 heavy (non-hydrogen) atoms. The Morgan fingerprint density at radius 3 is 2.78 bits per heavy atom. The molecule has 2 aromatic heterocycles. The molecule has 2 heterocycles. The maximum atomic E-state index is 4.36. The lowest BCUT2D eigenvalue weighted by molar-refractivity contribution is 0.456. The lowest BCUT2D eigenvalue weighted by Gasteiger charge is -2.11. The average Bonchev–Trinajstić information content (AvgIpc) is 2.84. The summed E-state index contributed by atoms with van der Waals surface area (Å²) in [5, 5.41) is 3.63. The van der Waals surface area contributed by atoms with Gasteiger partial charge in [-0.15, -0.1) is 0 Å². The zero-order chi connectivity index (χ0) is 11.7. The van der Waals surface area contributed by atoms with Crippen LogP contribution in [0.5, 0.6) is 0 Å². The molecule has 0 radical (unpaired) electrons. The van der Waals surface area contributed by atoms with Crippen LogP contribution in [0.4, 0.5) is 5.82 Å². The van der Waals surface area contributed by atoms with Crippen molar-refractivity contribution in [2.45, 2.75) is 25.3 Å². The van der Waals surface area contributed by atoms with Crippen molar-refractivity contribution in [3.8, 4) is 0 Å². The highest BCUT2D eigenvalue weighted by Gasteiger charge is 2.65. The highest BCUT2D eigenvalue weighted by atomic mass is 15.1. The molecule has 2 bridgehead atoms. The van der Waals surface area contributed by atoms with Crippen molar-refractivity contribution in [3.05, 3.63) is 12.7 Å². The predicted octanol–water partition coefficient (Wildman–Crippen LogP) is 1.81. The van der Waals surface area contributed by atoms with Crippen LogP contribution in [0.15, 0.2) is 12.7 Å². The van der Waals surface area contributed by atoms with Crippen molar-refractivity contribution in [2.75, 3.05) is 5.32 Å². The van der Waals surface area contributed by atoms with E-state index in [0.29, 0.717) is 6.04 Å². The van der Waals surface area contributed by atoms with Gasteiger partial charge >= 0.3 is 0 Å². The Morgan fingerprint density at radius 2 is 1.94 bits per heavy atom. The van der Waals surface area contributed by atoms with Gasteiger partial charge in [-0.2, -0.15) is 0 Å². The quantitative estimate of drug-likeness (QED) is 0.841. The monoisotopic (exact) mass is 241 g/mol. The highest BCUT2D eigenvalue weighted by Crippen LogP contribution is 2.66. The van der Waals surface area contributed by atoms with Crippen LogP contribution in [0.25, 0.3) is 11.2 Å². The molecule has 2 N–H and O–H groups in total. The lowest BCUT2D eigenvalue weighted by Crippen LogP contribution is -2.14. The number of H-pyrrole nitrogens is 1. The molecule has 0 saturated heterocycles. The van der Waals surface area contributed by atoms with Crippen molar-refractivity contribution >= 4 is 17.0 Å². The van der Waals surface area contributed by atoms with Gasteiger partial charge in [0.25, 0.3) is 0 Å². The van der Waals surface area contributed by atoms with Crippen LogP contribution >= 0.6 is 0 Å². The van der Waals surface area contributed by atoms with E-state index in [1.165, 1.54) is 19.3 Å². The SMILES string of the molecule is c1nc(NC2C3C4CCC(C4)C23)c2[nH]cnc2n1. The van der Waals surface area contributed by atoms with Crippen molar-refractivity contribution in [2.24, 2.45) is 23.7 Å². The minimum Gasteiger partial charge on any atom is -0.365 e. The standard InChI is InChI=1S/C13H15N5/c1-2-7-3-6(1)8-9(7)10(8)18-13-11-12(15-4-14-11)16-5-17-13/h4-10H,1-3H2,(H2,14,15,16,17,18). The molecule has 0 aromatic carbocycles. The molecule has 92 valence electrons. The fraction of sp³-hybridized carbons (Fsp3) is 0.615. The summed E-state index contributed by atoms with van der Waals surface area (Å²) in [6.45, 7) is 0. The number of anilines is 1. The molecule has 3 saturated carbocycles. The summed E-state index contributed by atoms with van der Waals surface area (Å²) >= 11 is 0. The third-order valence-electron chi connectivity index (χ3n) is 5.26. The zero-order valence-electron chi connectivity index (χ0n) is 10.0. The summed E-state index contributed by atoms with van der Waals surface area (Å²) in [5.41, 5.74) is 1.69. The molecular weight excluding hydrogens is 226 g/mol. The summed E-state index contributed by atoms with van der Waals surface area (Å²) in [7, 11) is 0. The first-order valence-electron chi connectivity index (χ1n) is 6.82. The number of nitrogens with zero attached hydrogens (tertiary/aromatic N) is 3. The molecule has 3 aliphatic carbocycles. The van der Waals surface area contributed by atoms with Crippen LogP contribution in [0.1, 0.15) is 19.3 Å². The summed E-state index contributed by atoms with van der Waals surface area (Å²) in [5.74, 6) is 4.72. The molecule has 5 nitrogen and oxygen atoms in total. The summed E-state index contributed by atoms with van der Waals surface area (Å²) < 4.78 is 0. The van der Waals surface area contributed by atoms with Crippen molar-refractivity contribution in [1.29, 1.82) is 0 Å². The van der Waals surface area contributed by atoms with Gasteiger partial charge in [-0.25, -0.2) is 15.0 Å². The number of nitrogens with one attached hydrogen (secondary N) is 2. The molecule has 5 heteroatoms. The Kier molecular flexibility index (Phi) is 1.56. The average molecular weight is 241 g/mol. The molecule has 0 aliphatic heterocycles. The largest absolute Gasteiger partial charge is 0.365 e. The molecule has 5 rings (SSSR count). The van der Waals surface area contributed by atoms with Crippen LogP contribution in [0.2, 0.25) is 0 Å². The number of imidazole rings is 1. The summed E-state index contributed by atoms with van der Waals surface area (Å²) in [6, 6.07) is 0.651. The maximum Gasteiger partial charge on any atom is 0.182 e. The van der Waals surface area contributed by atoms with E-state index in [-0.39, 0.29) is 0 Å². The molecule has 3 fully saturated rings. The number of rotatable bonds is 2. The lowest BCUT2D eigenvalue weighted by atomic mass is 10.0. The van der Waals surface area contributed by atoms with E-state index < -0.39 is 0 Å². The van der Waals surface area contributed by atoms with Gasteiger partial charge in [-0.3, -0.25) is 0 Å². The van der Waals surface area contributed by atoms with Gasteiger partial charge in [-0.05, 0) is 42.9 Å². The number of aromatic nitrogens is 4. The molecule has 4 atom stereocenters. The zero-order valence-corrected chi connectivity index (χ0v) is 10.0. The van der Waals surface area contributed by atoms with Crippen LogP contribution < -0.4 is 5.32 Å². The Balaban J connectivity index is 1.46. The minimum atomic E-state index is 0.651. The van der Waals surface area contributed by atoms with Crippen molar-refractivity contribution < 1.29 is 0 Å². The molecule has 3 aliphatic rings. The third-order valence-corrected chi connectivity index (χ3v) is 5.26. The first-order valence-corrected chi connectivity index (χ1v) is 6.82. The minimum absolute atomic E-state index is 0.651. The smallest absolute Gasteiger partial charge is 0.182 e. The second kappa shape index (κ2) is 3.02. The van der Waals surface area contributed by atoms with Crippen LogP contribution in [-0.2, 0) is 0 Å². The van der Waals surface area contributed by atoms with Gasteiger partial charge < -0.3 is 10.3 Å². The first-order chi connectivity index (χ1) is 8.92. The number of hydrogen-bond donors (Lipinski definition) is 2. The molecule has 0 amide bonds. The van der Waals surface area contributed by atoms with Crippen LogP contribution in [-0.4, -0.2) is 26.0 Å². The second-order valence-corrected chi connectivity index (χ2v) is 5.98. The Bertz CT molecular complexity index is 605.